The number of unbranched alkanes of at least 4 members (excludes halogenated alkanes) is 1. The second-order valence-electron chi connectivity index (χ2n) is 4.50. The Hall–Kier alpha value is -0.850. The minimum atomic E-state index is 0.779. The van der Waals surface area contributed by atoms with Gasteiger partial charge in [0.2, 0.25) is 0 Å². The maximum Gasteiger partial charge on any atom is 0.0440 e. The fourth-order valence-corrected chi connectivity index (χ4v) is 2.16. The molecule has 2 atom stereocenters. The van der Waals surface area contributed by atoms with E-state index in [1.54, 1.807) is 0 Å². The first kappa shape index (κ1) is 9.70. The second-order valence-corrected chi connectivity index (χ2v) is 4.50. The Balaban J connectivity index is 1.92. The number of pyridine rings is 1. The molecule has 0 aliphatic heterocycles. The van der Waals surface area contributed by atoms with E-state index in [1.807, 2.05) is 6.20 Å². The monoisotopic (exact) mass is 189 g/mol. The Morgan fingerprint density at radius 2 is 2.36 bits per heavy atom. The lowest BCUT2D eigenvalue weighted by Crippen LogP contribution is -1.89. The van der Waals surface area contributed by atoms with E-state index in [0.29, 0.717) is 0 Å². The summed E-state index contributed by atoms with van der Waals surface area (Å²) in [5, 5.41) is 0. The Bertz CT molecular complexity index is 306. The number of nitrogens with zero attached hydrogens (tertiary/aromatic N) is 1. The van der Waals surface area contributed by atoms with Crippen molar-refractivity contribution < 1.29 is 0 Å². The highest BCUT2D eigenvalue weighted by molar-refractivity contribution is 5.22. The molecule has 0 saturated heterocycles. The predicted octanol–water partition coefficient (Wildman–Crippen LogP) is 3.68. The molecule has 1 aliphatic rings. The summed E-state index contributed by atoms with van der Waals surface area (Å²) in [5.74, 6) is 1.71. The van der Waals surface area contributed by atoms with Crippen molar-refractivity contribution in [3.05, 3.63) is 29.6 Å². The van der Waals surface area contributed by atoms with E-state index in [2.05, 4.69) is 31.0 Å². The normalized spacial score (nSPS) is 25.0. The highest BCUT2D eigenvalue weighted by Crippen LogP contribution is 2.49. The molecule has 76 valence electrons. The van der Waals surface area contributed by atoms with E-state index in [-0.39, 0.29) is 0 Å². The third kappa shape index (κ3) is 2.14. The average Bonchev–Trinajstić information content (AvgIpc) is 2.94. The minimum Gasteiger partial charge on any atom is -0.261 e. The lowest BCUT2D eigenvalue weighted by atomic mass is 10.1. The van der Waals surface area contributed by atoms with E-state index >= 15 is 0 Å². The third-order valence-electron chi connectivity index (χ3n) is 3.17. The summed E-state index contributed by atoms with van der Waals surface area (Å²) in [6.07, 6.45) is 7.42. The Labute approximate surface area is 86.6 Å². The van der Waals surface area contributed by atoms with Crippen LogP contribution in [0.25, 0.3) is 0 Å². The number of aryl methyl sites for hydroxylation is 1. The predicted molar refractivity (Wildman–Crippen MR) is 59.3 cm³/mol. The van der Waals surface area contributed by atoms with Crippen LogP contribution in [0.2, 0.25) is 0 Å². The lowest BCUT2D eigenvalue weighted by Gasteiger charge is -2.00. The molecular formula is C13H19N. The largest absolute Gasteiger partial charge is 0.261 e. The SMILES string of the molecule is CCCC[C@H]1C[C@@H]1c1cc(C)ccn1. The molecule has 0 unspecified atom stereocenters. The van der Waals surface area contributed by atoms with Gasteiger partial charge in [-0.15, -0.1) is 0 Å². The van der Waals surface area contributed by atoms with Crippen molar-refractivity contribution in [1.29, 1.82) is 0 Å². The maximum absolute atomic E-state index is 4.46. The standard InChI is InChI=1S/C13H19N/c1-3-4-5-11-9-12(11)13-8-10(2)6-7-14-13/h6-8,11-12H,3-5,9H2,1-2H3/t11-,12-/m0/s1. The Kier molecular flexibility index (Phi) is 2.85. The quantitative estimate of drug-likeness (QED) is 0.704. The highest BCUT2D eigenvalue weighted by Gasteiger charge is 2.38. The summed E-state index contributed by atoms with van der Waals surface area (Å²) in [5.41, 5.74) is 2.67. The smallest absolute Gasteiger partial charge is 0.0440 e. The average molecular weight is 189 g/mol. The fourth-order valence-electron chi connectivity index (χ4n) is 2.16. The number of hydrogen-bond donors (Lipinski definition) is 0. The van der Waals surface area contributed by atoms with Gasteiger partial charge in [0.25, 0.3) is 0 Å². The second kappa shape index (κ2) is 4.12. The molecule has 1 heterocycles. The van der Waals surface area contributed by atoms with Crippen LogP contribution in [0, 0.1) is 12.8 Å². The van der Waals surface area contributed by atoms with E-state index in [1.165, 1.54) is 36.9 Å². The lowest BCUT2D eigenvalue weighted by molar-refractivity contribution is 0.636. The number of hydrogen-bond acceptors (Lipinski definition) is 1. The zero-order valence-electron chi connectivity index (χ0n) is 9.16. The molecule has 1 aromatic rings. The molecule has 1 fully saturated rings. The molecule has 0 bridgehead atoms. The van der Waals surface area contributed by atoms with Gasteiger partial charge >= 0.3 is 0 Å². The molecule has 1 saturated carbocycles. The van der Waals surface area contributed by atoms with Crippen LogP contribution in [0.15, 0.2) is 18.3 Å². The summed E-state index contributed by atoms with van der Waals surface area (Å²) in [6, 6.07) is 4.32. The topological polar surface area (TPSA) is 12.9 Å². The van der Waals surface area contributed by atoms with Gasteiger partial charge in [-0.2, -0.15) is 0 Å². The zero-order chi connectivity index (χ0) is 9.97. The molecule has 0 spiro atoms. The van der Waals surface area contributed by atoms with Crippen molar-refractivity contribution in [1.82, 2.24) is 4.98 Å². The highest BCUT2D eigenvalue weighted by atomic mass is 14.7. The molecular weight excluding hydrogens is 170 g/mol. The summed E-state index contributed by atoms with van der Waals surface area (Å²) in [6.45, 7) is 4.41. The van der Waals surface area contributed by atoms with Gasteiger partial charge in [-0.3, -0.25) is 4.98 Å². The molecule has 1 heteroatoms. The van der Waals surface area contributed by atoms with Crippen LogP contribution in [0.5, 0.6) is 0 Å². The van der Waals surface area contributed by atoms with Gasteiger partial charge in [0.15, 0.2) is 0 Å². The van der Waals surface area contributed by atoms with Gasteiger partial charge in [0, 0.05) is 17.8 Å². The summed E-state index contributed by atoms with van der Waals surface area (Å²) >= 11 is 0. The number of aromatic nitrogens is 1. The van der Waals surface area contributed by atoms with Gasteiger partial charge in [-0.1, -0.05) is 19.8 Å². The molecule has 0 radical (unpaired) electrons. The molecule has 0 aromatic carbocycles. The van der Waals surface area contributed by atoms with Crippen molar-refractivity contribution >= 4 is 0 Å². The van der Waals surface area contributed by atoms with Crippen LogP contribution in [0.4, 0.5) is 0 Å². The molecule has 2 rings (SSSR count). The van der Waals surface area contributed by atoms with Gasteiger partial charge in [0.05, 0.1) is 0 Å². The van der Waals surface area contributed by atoms with Crippen LogP contribution >= 0.6 is 0 Å². The van der Waals surface area contributed by atoms with E-state index < -0.39 is 0 Å². The van der Waals surface area contributed by atoms with Gasteiger partial charge in [-0.25, -0.2) is 0 Å². The molecule has 1 aliphatic carbocycles. The first-order chi connectivity index (χ1) is 6.81. The van der Waals surface area contributed by atoms with Crippen molar-refractivity contribution in [3.63, 3.8) is 0 Å². The fraction of sp³-hybridized carbons (Fsp3) is 0.615. The van der Waals surface area contributed by atoms with Gasteiger partial charge in [-0.05, 0) is 43.4 Å². The summed E-state index contributed by atoms with van der Waals surface area (Å²) < 4.78 is 0. The van der Waals surface area contributed by atoms with Crippen molar-refractivity contribution in [2.75, 3.05) is 0 Å². The van der Waals surface area contributed by atoms with Crippen molar-refractivity contribution in [3.8, 4) is 0 Å². The maximum atomic E-state index is 4.46. The zero-order valence-corrected chi connectivity index (χ0v) is 9.16. The first-order valence-electron chi connectivity index (χ1n) is 5.74. The molecule has 1 aromatic heterocycles. The van der Waals surface area contributed by atoms with Crippen LogP contribution in [0.3, 0.4) is 0 Å². The van der Waals surface area contributed by atoms with Crippen LogP contribution in [0.1, 0.15) is 49.8 Å². The van der Waals surface area contributed by atoms with Gasteiger partial charge in [0.1, 0.15) is 0 Å². The number of rotatable bonds is 4. The van der Waals surface area contributed by atoms with Gasteiger partial charge < -0.3 is 0 Å². The van der Waals surface area contributed by atoms with Crippen molar-refractivity contribution in [2.24, 2.45) is 5.92 Å². The Morgan fingerprint density at radius 3 is 3.07 bits per heavy atom. The van der Waals surface area contributed by atoms with E-state index in [0.717, 1.165) is 11.8 Å². The Morgan fingerprint density at radius 1 is 1.50 bits per heavy atom. The third-order valence-corrected chi connectivity index (χ3v) is 3.17. The van der Waals surface area contributed by atoms with E-state index in [9.17, 15) is 0 Å². The molecule has 1 nitrogen and oxygen atoms in total. The summed E-state index contributed by atoms with van der Waals surface area (Å²) in [7, 11) is 0. The van der Waals surface area contributed by atoms with Crippen LogP contribution < -0.4 is 0 Å². The van der Waals surface area contributed by atoms with E-state index in [4.69, 9.17) is 0 Å². The first-order valence-corrected chi connectivity index (χ1v) is 5.74. The van der Waals surface area contributed by atoms with Crippen LogP contribution in [-0.2, 0) is 0 Å². The molecule has 14 heavy (non-hydrogen) atoms. The molecule has 0 amide bonds. The van der Waals surface area contributed by atoms with Crippen LogP contribution in [-0.4, -0.2) is 4.98 Å². The summed E-state index contributed by atoms with van der Waals surface area (Å²) in [4.78, 5) is 4.46. The van der Waals surface area contributed by atoms with Crippen molar-refractivity contribution in [2.45, 2.75) is 45.4 Å². The minimum absolute atomic E-state index is 0.779. The molecule has 0 N–H and O–H groups in total.